The predicted octanol–water partition coefficient (Wildman–Crippen LogP) is 1.09. The van der Waals surface area contributed by atoms with Gasteiger partial charge in [-0.2, -0.15) is 0 Å². The van der Waals surface area contributed by atoms with E-state index in [-0.39, 0.29) is 0 Å². The van der Waals surface area contributed by atoms with Crippen molar-refractivity contribution < 1.29 is 14.6 Å². The molecule has 1 atom stereocenters. The summed E-state index contributed by atoms with van der Waals surface area (Å²) in [7, 11) is 0. The molecule has 1 N–H and O–H groups in total. The predicted molar refractivity (Wildman–Crippen MR) is 56.7 cm³/mol. The molecule has 7 heteroatoms. The van der Waals surface area contributed by atoms with Crippen LogP contribution in [0.15, 0.2) is 5.38 Å². The Hall–Kier alpha value is -0.850. The minimum atomic E-state index is -0.942. The van der Waals surface area contributed by atoms with Crippen LogP contribution in [-0.4, -0.2) is 41.9 Å². The van der Waals surface area contributed by atoms with Gasteiger partial charge in [-0.3, -0.25) is 0 Å². The van der Waals surface area contributed by atoms with Crippen LogP contribution in [0.25, 0.3) is 0 Å². The van der Waals surface area contributed by atoms with Crippen LogP contribution < -0.4 is 4.90 Å². The van der Waals surface area contributed by atoms with Gasteiger partial charge in [-0.05, 0) is 0 Å². The quantitative estimate of drug-likeness (QED) is 0.849. The van der Waals surface area contributed by atoms with E-state index in [9.17, 15) is 4.79 Å². The lowest BCUT2D eigenvalue weighted by Gasteiger charge is -2.30. The number of carbonyl (C=O) groups is 1. The molecule has 1 aliphatic heterocycles. The van der Waals surface area contributed by atoms with Gasteiger partial charge in [0, 0.05) is 11.9 Å². The number of nitrogens with zero attached hydrogens (tertiary/aromatic N) is 2. The summed E-state index contributed by atoms with van der Waals surface area (Å²) in [4.78, 5) is 16.7. The third kappa shape index (κ3) is 2.39. The van der Waals surface area contributed by atoms with E-state index in [1.807, 2.05) is 4.90 Å². The van der Waals surface area contributed by atoms with E-state index >= 15 is 0 Å². The number of ether oxygens (including phenoxy) is 1. The Morgan fingerprint density at radius 1 is 1.80 bits per heavy atom. The van der Waals surface area contributed by atoms with Crippen LogP contribution >= 0.6 is 22.9 Å². The second-order valence-corrected chi connectivity index (χ2v) is 4.32. The molecule has 0 amide bonds. The number of anilines is 1. The van der Waals surface area contributed by atoms with Crippen LogP contribution in [0.1, 0.15) is 0 Å². The summed E-state index contributed by atoms with van der Waals surface area (Å²) < 4.78 is 5.10. The van der Waals surface area contributed by atoms with Gasteiger partial charge >= 0.3 is 5.97 Å². The van der Waals surface area contributed by atoms with E-state index in [0.29, 0.717) is 24.8 Å². The number of carboxylic acid groups (broad SMARTS) is 1. The summed E-state index contributed by atoms with van der Waals surface area (Å²) in [6, 6.07) is 0. The molecule has 0 saturated carbocycles. The molecule has 1 aliphatic rings. The summed E-state index contributed by atoms with van der Waals surface area (Å²) >= 11 is 7.11. The van der Waals surface area contributed by atoms with E-state index in [1.54, 1.807) is 5.38 Å². The topological polar surface area (TPSA) is 62.7 Å². The fourth-order valence-electron chi connectivity index (χ4n) is 1.36. The van der Waals surface area contributed by atoms with Crippen LogP contribution in [0.4, 0.5) is 5.13 Å². The number of aromatic nitrogens is 1. The van der Waals surface area contributed by atoms with Gasteiger partial charge in [0.1, 0.15) is 5.15 Å². The van der Waals surface area contributed by atoms with Crippen molar-refractivity contribution in [2.24, 2.45) is 0 Å². The first-order valence-corrected chi connectivity index (χ1v) is 5.63. The van der Waals surface area contributed by atoms with Crippen molar-refractivity contribution in [2.75, 3.05) is 24.6 Å². The molecule has 1 fully saturated rings. The third-order valence-corrected chi connectivity index (χ3v) is 3.30. The molecule has 15 heavy (non-hydrogen) atoms. The van der Waals surface area contributed by atoms with E-state index in [0.717, 1.165) is 5.13 Å². The molecule has 82 valence electrons. The number of hydrogen-bond acceptors (Lipinski definition) is 5. The minimum Gasteiger partial charge on any atom is -0.479 e. The molecule has 1 aromatic rings. The average molecular weight is 249 g/mol. The highest BCUT2D eigenvalue weighted by molar-refractivity contribution is 7.14. The second kappa shape index (κ2) is 4.34. The van der Waals surface area contributed by atoms with Gasteiger partial charge in [0.2, 0.25) is 0 Å². The zero-order chi connectivity index (χ0) is 10.8. The third-order valence-electron chi connectivity index (χ3n) is 2.08. The SMILES string of the molecule is O=C(O)C1CN(c2nc(Cl)cs2)CCO1. The van der Waals surface area contributed by atoms with Gasteiger partial charge in [0.05, 0.1) is 13.2 Å². The van der Waals surface area contributed by atoms with Crippen molar-refractivity contribution in [2.45, 2.75) is 6.10 Å². The average Bonchev–Trinajstić information content (AvgIpc) is 2.65. The molecule has 0 radical (unpaired) electrons. The smallest absolute Gasteiger partial charge is 0.334 e. The maximum atomic E-state index is 10.7. The molecule has 1 saturated heterocycles. The molecular weight excluding hydrogens is 240 g/mol. The summed E-state index contributed by atoms with van der Waals surface area (Å²) in [5.41, 5.74) is 0. The molecule has 5 nitrogen and oxygen atoms in total. The number of carboxylic acids is 1. The largest absolute Gasteiger partial charge is 0.479 e. The highest BCUT2D eigenvalue weighted by atomic mass is 35.5. The van der Waals surface area contributed by atoms with E-state index in [1.165, 1.54) is 11.3 Å². The van der Waals surface area contributed by atoms with Crippen molar-refractivity contribution in [1.29, 1.82) is 0 Å². The number of rotatable bonds is 2. The number of hydrogen-bond donors (Lipinski definition) is 1. The molecule has 1 unspecified atom stereocenters. The van der Waals surface area contributed by atoms with Gasteiger partial charge in [-0.25, -0.2) is 9.78 Å². The Balaban J connectivity index is 2.07. The number of aliphatic carboxylic acids is 1. The Morgan fingerprint density at radius 2 is 2.60 bits per heavy atom. The lowest BCUT2D eigenvalue weighted by Crippen LogP contribution is -2.46. The Labute approximate surface area is 95.2 Å². The van der Waals surface area contributed by atoms with Gasteiger partial charge in [0.25, 0.3) is 0 Å². The Kier molecular flexibility index (Phi) is 3.08. The normalized spacial score (nSPS) is 21.7. The number of thiazole rings is 1. The zero-order valence-electron chi connectivity index (χ0n) is 7.72. The molecule has 0 spiro atoms. The monoisotopic (exact) mass is 248 g/mol. The maximum Gasteiger partial charge on any atom is 0.334 e. The highest BCUT2D eigenvalue weighted by Crippen LogP contribution is 2.24. The highest BCUT2D eigenvalue weighted by Gasteiger charge is 2.27. The van der Waals surface area contributed by atoms with Crippen LogP contribution in [0, 0.1) is 0 Å². The fourth-order valence-corrected chi connectivity index (χ4v) is 2.35. The molecule has 0 bridgehead atoms. The second-order valence-electron chi connectivity index (χ2n) is 3.10. The number of morpholine rings is 1. The van der Waals surface area contributed by atoms with Crippen molar-refractivity contribution in [3.63, 3.8) is 0 Å². The zero-order valence-corrected chi connectivity index (χ0v) is 9.29. The molecule has 2 heterocycles. The lowest BCUT2D eigenvalue weighted by atomic mass is 10.3. The van der Waals surface area contributed by atoms with Crippen LogP contribution in [-0.2, 0) is 9.53 Å². The molecule has 2 rings (SSSR count). The molecular formula is C8H9ClN2O3S. The molecule has 0 aromatic carbocycles. The van der Waals surface area contributed by atoms with Gasteiger partial charge < -0.3 is 14.7 Å². The van der Waals surface area contributed by atoms with E-state index in [4.69, 9.17) is 21.4 Å². The van der Waals surface area contributed by atoms with Gasteiger partial charge in [-0.15, -0.1) is 11.3 Å². The maximum absolute atomic E-state index is 10.7. The van der Waals surface area contributed by atoms with Crippen molar-refractivity contribution in [1.82, 2.24) is 4.98 Å². The molecule has 0 aliphatic carbocycles. The standard InChI is InChI=1S/C8H9ClN2O3S/c9-6-4-15-8(10-6)11-1-2-14-5(3-11)7(12)13/h4-5H,1-3H2,(H,12,13). The van der Waals surface area contributed by atoms with E-state index in [2.05, 4.69) is 4.98 Å². The first-order valence-electron chi connectivity index (χ1n) is 4.37. The van der Waals surface area contributed by atoms with Crippen LogP contribution in [0.3, 0.4) is 0 Å². The Bertz CT molecular complexity index is 371. The summed E-state index contributed by atoms with van der Waals surface area (Å²) in [6.45, 7) is 1.36. The van der Waals surface area contributed by atoms with Crippen molar-refractivity contribution in [3.05, 3.63) is 10.5 Å². The van der Waals surface area contributed by atoms with Gasteiger partial charge in [0.15, 0.2) is 11.2 Å². The summed E-state index contributed by atoms with van der Waals surface area (Å²) in [6.07, 6.45) is -0.776. The Morgan fingerprint density at radius 3 is 3.20 bits per heavy atom. The van der Waals surface area contributed by atoms with Crippen molar-refractivity contribution in [3.8, 4) is 0 Å². The van der Waals surface area contributed by atoms with Crippen LogP contribution in [0.2, 0.25) is 5.15 Å². The van der Waals surface area contributed by atoms with Crippen molar-refractivity contribution >= 4 is 34.0 Å². The summed E-state index contributed by atoms with van der Waals surface area (Å²) in [5, 5.41) is 11.7. The minimum absolute atomic E-state index is 0.319. The van der Waals surface area contributed by atoms with E-state index < -0.39 is 12.1 Å². The first kappa shape index (κ1) is 10.7. The van der Waals surface area contributed by atoms with Crippen LogP contribution in [0.5, 0.6) is 0 Å². The lowest BCUT2D eigenvalue weighted by molar-refractivity contribution is -0.150. The van der Waals surface area contributed by atoms with Gasteiger partial charge in [-0.1, -0.05) is 11.6 Å². The number of halogens is 1. The fraction of sp³-hybridized carbons (Fsp3) is 0.500. The first-order chi connectivity index (χ1) is 7.16. The molecule has 1 aromatic heterocycles. The summed E-state index contributed by atoms with van der Waals surface area (Å²) in [5.74, 6) is -0.942.